The summed E-state index contributed by atoms with van der Waals surface area (Å²) in [6.07, 6.45) is 0. The normalized spacial score (nSPS) is 11.9. The van der Waals surface area contributed by atoms with E-state index in [1.807, 2.05) is 0 Å². The third-order valence-electron chi connectivity index (χ3n) is 3.56. The van der Waals surface area contributed by atoms with Gasteiger partial charge in [0.15, 0.2) is 11.0 Å². The summed E-state index contributed by atoms with van der Waals surface area (Å²) in [5.41, 5.74) is 2.60. The average molecular weight is 319 g/mol. The molecular formula is C17H25N3OS. The first-order valence-corrected chi connectivity index (χ1v) is 8.61. The van der Waals surface area contributed by atoms with Crippen LogP contribution in [0.4, 0.5) is 0 Å². The SMILES string of the molecule is CCn1c(SCCOC)nnc1-c1ccc(C(C)(C)C)cc1. The number of methoxy groups -OCH3 is 1. The van der Waals surface area contributed by atoms with E-state index in [1.54, 1.807) is 18.9 Å². The molecule has 1 aromatic carbocycles. The first kappa shape index (κ1) is 17.0. The van der Waals surface area contributed by atoms with Crippen LogP contribution in [0.3, 0.4) is 0 Å². The molecule has 120 valence electrons. The van der Waals surface area contributed by atoms with Crippen molar-refractivity contribution in [2.24, 2.45) is 0 Å². The average Bonchev–Trinajstić information content (AvgIpc) is 2.89. The molecular weight excluding hydrogens is 294 g/mol. The molecule has 0 aliphatic heterocycles. The summed E-state index contributed by atoms with van der Waals surface area (Å²) in [5, 5.41) is 9.66. The van der Waals surface area contributed by atoms with Crippen LogP contribution in [0.5, 0.6) is 0 Å². The Hall–Kier alpha value is -1.33. The molecule has 1 heterocycles. The van der Waals surface area contributed by atoms with E-state index in [2.05, 4.69) is 66.7 Å². The fourth-order valence-corrected chi connectivity index (χ4v) is 3.13. The Morgan fingerprint density at radius 1 is 1.14 bits per heavy atom. The summed E-state index contributed by atoms with van der Waals surface area (Å²) in [7, 11) is 1.72. The molecule has 2 rings (SSSR count). The summed E-state index contributed by atoms with van der Waals surface area (Å²) < 4.78 is 7.25. The van der Waals surface area contributed by atoms with Crippen LogP contribution in [-0.4, -0.2) is 34.2 Å². The van der Waals surface area contributed by atoms with Crippen molar-refractivity contribution in [3.63, 3.8) is 0 Å². The lowest BCUT2D eigenvalue weighted by Crippen LogP contribution is -2.10. The van der Waals surface area contributed by atoms with Crippen LogP contribution in [0.25, 0.3) is 11.4 Å². The van der Waals surface area contributed by atoms with Crippen molar-refractivity contribution in [2.75, 3.05) is 19.5 Å². The lowest BCUT2D eigenvalue weighted by atomic mass is 9.87. The number of nitrogens with zero attached hydrogens (tertiary/aromatic N) is 3. The molecule has 0 amide bonds. The van der Waals surface area contributed by atoms with Gasteiger partial charge in [-0.2, -0.15) is 0 Å². The molecule has 4 nitrogen and oxygen atoms in total. The molecule has 0 fully saturated rings. The number of benzene rings is 1. The Labute approximate surface area is 137 Å². The van der Waals surface area contributed by atoms with Gasteiger partial charge in [0.25, 0.3) is 0 Å². The molecule has 0 N–H and O–H groups in total. The number of ether oxygens (including phenoxy) is 1. The van der Waals surface area contributed by atoms with Crippen LogP contribution >= 0.6 is 11.8 Å². The number of hydrogen-bond donors (Lipinski definition) is 0. The summed E-state index contributed by atoms with van der Waals surface area (Å²) in [5.74, 6) is 1.82. The highest BCUT2D eigenvalue weighted by molar-refractivity contribution is 7.99. The van der Waals surface area contributed by atoms with Crippen LogP contribution < -0.4 is 0 Å². The Morgan fingerprint density at radius 2 is 1.82 bits per heavy atom. The van der Waals surface area contributed by atoms with E-state index in [0.29, 0.717) is 0 Å². The second-order valence-corrected chi connectivity index (χ2v) is 7.28. The largest absolute Gasteiger partial charge is 0.384 e. The Bertz CT molecular complexity index is 599. The minimum Gasteiger partial charge on any atom is -0.384 e. The zero-order valence-corrected chi connectivity index (χ0v) is 14.9. The van der Waals surface area contributed by atoms with Crippen molar-refractivity contribution in [2.45, 2.75) is 44.8 Å². The van der Waals surface area contributed by atoms with E-state index in [1.165, 1.54) is 5.56 Å². The first-order chi connectivity index (χ1) is 10.5. The molecule has 0 saturated carbocycles. The molecule has 0 spiro atoms. The van der Waals surface area contributed by atoms with E-state index in [9.17, 15) is 0 Å². The standard InChI is InChI=1S/C17H25N3OS/c1-6-20-15(18-19-16(20)22-12-11-21-5)13-7-9-14(10-8-13)17(2,3)4/h7-10H,6,11-12H2,1-5H3. The summed E-state index contributed by atoms with van der Waals surface area (Å²) in [4.78, 5) is 0. The van der Waals surface area contributed by atoms with Crippen molar-refractivity contribution in [1.82, 2.24) is 14.8 Å². The van der Waals surface area contributed by atoms with Crippen LogP contribution in [0.2, 0.25) is 0 Å². The minimum atomic E-state index is 0.165. The van der Waals surface area contributed by atoms with Gasteiger partial charge in [-0.1, -0.05) is 56.8 Å². The van der Waals surface area contributed by atoms with Gasteiger partial charge in [0, 0.05) is 25.0 Å². The van der Waals surface area contributed by atoms with Crippen LogP contribution in [0.1, 0.15) is 33.3 Å². The van der Waals surface area contributed by atoms with Gasteiger partial charge in [-0.05, 0) is 17.9 Å². The summed E-state index contributed by atoms with van der Waals surface area (Å²) in [6.45, 7) is 10.4. The maximum Gasteiger partial charge on any atom is 0.191 e. The zero-order chi connectivity index (χ0) is 16.2. The van der Waals surface area contributed by atoms with Gasteiger partial charge in [-0.3, -0.25) is 0 Å². The van der Waals surface area contributed by atoms with Crippen LogP contribution in [-0.2, 0) is 16.7 Å². The fourth-order valence-electron chi connectivity index (χ4n) is 2.23. The van der Waals surface area contributed by atoms with Crippen molar-refractivity contribution >= 4 is 11.8 Å². The maximum atomic E-state index is 5.10. The molecule has 0 unspecified atom stereocenters. The van der Waals surface area contributed by atoms with Crippen molar-refractivity contribution < 1.29 is 4.74 Å². The van der Waals surface area contributed by atoms with E-state index in [4.69, 9.17) is 4.74 Å². The highest BCUT2D eigenvalue weighted by Crippen LogP contribution is 2.27. The predicted octanol–water partition coefficient (Wildman–Crippen LogP) is 4.00. The molecule has 0 aliphatic rings. The van der Waals surface area contributed by atoms with Gasteiger partial charge in [0.1, 0.15) is 0 Å². The van der Waals surface area contributed by atoms with Gasteiger partial charge >= 0.3 is 0 Å². The number of hydrogen-bond acceptors (Lipinski definition) is 4. The van der Waals surface area contributed by atoms with E-state index in [0.717, 1.165) is 35.4 Å². The van der Waals surface area contributed by atoms with Crippen molar-refractivity contribution in [3.05, 3.63) is 29.8 Å². The number of thioether (sulfide) groups is 1. The molecule has 0 radical (unpaired) electrons. The highest BCUT2D eigenvalue weighted by atomic mass is 32.2. The Kier molecular flexibility index (Phi) is 5.64. The molecule has 1 aromatic heterocycles. The third-order valence-corrected chi connectivity index (χ3v) is 4.49. The molecule has 0 saturated heterocycles. The summed E-state index contributed by atoms with van der Waals surface area (Å²) >= 11 is 1.68. The lowest BCUT2D eigenvalue weighted by molar-refractivity contribution is 0.218. The molecule has 22 heavy (non-hydrogen) atoms. The maximum absolute atomic E-state index is 5.10. The topological polar surface area (TPSA) is 39.9 Å². The fraction of sp³-hybridized carbons (Fsp3) is 0.529. The quantitative estimate of drug-likeness (QED) is 0.596. The van der Waals surface area contributed by atoms with Gasteiger partial charge in [-0.25, -0.2) is 0 Å². The number of rotatable bonds is 6. The van der Waals surface area contributed by atoms with Gasteiger partial charge in [0.05, 0.1) is 6.61 Å². The van der Waals surface area contributed by atoms with Crippen LogP contribution in [0, 0.1) is 0 Å². The van der Waals surface area contributed by atoms with Crippen molar-refractivity contribution in [1.29, 1.82) is 0 Å². The molecule has 0 atom stereocenters. The lowest BCUT2D eigenvalue weighted by Gasteiger charge is -2.19. The van der Waals surface area contributed by atoms with Gasteiger partial charge in [0.2, 0.25) is 0 Å². The second-order valence-electron chi connectivity index (χ2n) is 6.22. The molecule has 0 aliphatic carbocycles. The summed E-state index contributed by atoms with van der Waals surface area (Å²) in [6, 6.07) is 8.64. The molecule has 2 aromatic rings. The minimum absolute atomic E-state index is 0.165. The Morgan fingerprint density at radius 3 is 2.36 bits per heavy atom. The smallest absolute Gasteiger partial charge is 0.191 e. The highest BCUT2D eigenvalue weighted by Gasteiger charge is 2.16. The second kappa shape index (κ2) is 7.29. The van der Waals surface area contributed by atoms with Crippen LogP contribution in [0.15, 0.2) is 29.4 Å². The first-order valence-electron chi connectivity index (χ1n) is 7.63. The monoisotopic (exact) mass is 319 g/mol. The predicted molar refractivity (Wildman–Crippen MR) is 92.4 cm³/mol. The van der Waals surface area contributed by atoms with Gasteiger partial charge in [-0.15, -0.1) is 10.2 Å². The third kappa shape index (κ3) is 3.90. The van der Waals surface area contributed by atoms with Gasteiger partial charge < -0.3 is 9.30 Å². The Balaban J connectivity index is 2.25. The van der Waals surface area contributed by atoms with E-state index >= 15 is 0 Å². The van der Waals surface area contributed by atoms with E-state index in [-0.39, 0.29) is 5.41 Å². The molecule has 0 bridgehead atoms. The number of aromatic nitrogens is 3. The van der Waals surface area contributed by atoms with E-state index < -0.39 is 0 Å². The zero-order valence-electron chi connectivity index (χ0n) is 14.1. The van der Waals surface area contributed by atoms with Crippen molar-refractivity contribution in [3.8, 4) is 11.4 Å². The molecule has 5 heteroatoms.